The highest BCUT2D eigenvalue weighted by molar-refractivity contribution is 7.28. The van der Waals surface area contributed by atoms with E-state index in [1.54, 1.807) is 0 Å². The number of ether oxygens (including phenoxy) is 1. The lowest BCUT2D eigenvalue weighted by molar-refractivity contribution is 0.487. The highest BCUT2D eigenvalue weighted by Gasteiger charge is 2.49. The number of benzene rings is 16. The molecule has 24 rings (SSSR count). The van der Waals surface area contributed by atoms with Crippen LogP contribution in [0.4, 0.5) is 85.3 Å². The van der Waals surface area contributed by atoms with Crippen LogP contribution in [0, 0.1) is 0 Å². The summed E-state index contributed by atoms with van der Waals surface area (Å²) in [7, 11) is 0. The summed E-state index contributed by atoms with van der Waals surface area (Å²) in [5.41, 5.74) is 23.6. The van der Waals surface area contributed by atoms with Crippen molar-refractivity contribution in [2.24, 2.45) is 0 Å². The number of nitrogens with zero attached hydrogens (tertiary/aromatic N) is 5. The van der Waals surface area contributed by atoms with Gasteiger partial charge in [0.2, 0.25) is 0 Å². The largest absolute Gasteiger partial charge is 0.458 e. The molecule has 0 aliphatic carbocycles. The maximum Gasteiger partial charge on any atom is 0.256 e. The zero-order valence-electron chi connectivity index (χ0n) is 57.8. The molecule has 0 fully saturated rings. The van der Waals surface area contributed by atoms with E-state index < -0.39 is 0 Å². The van der Waals surface area contributed by atoms with Crippen molar-refractivity contribution >= 4 is 258 Å². The highest BCUT2D eigenvalue weighted by atomic mass is 32.1. The van der Waals surface area contributed by atoms with Gasteiger partial charge in [-0.3, -0.25) is 0 Å². The molecule has 0 saturated heterocycles. The Labute approximate surface area is 639 Å². The van der Waals surface area contributed by atoms with Gasteiger partial charge in [-0.25, -0.2) is 0 Å². The molecule has 0 bridgehead atoms. The van der Waals surface area contributed by atoms with E-state index in [9.17, 15) is 0 Å². The molecular formula is C96H57B2N5OS4. The van der Waals surface area contributed by atoms with Gasteiger partial charge < -0.3 is 29.2 Å². The third-order valence-electron chi connectivity index (χ3n) is 22.8. The lowest BCUT2D eigenvalue weighted by Crippen LogP contribution is -2.64. The maximum atomic E-state index is 7.59. The second-order valence-corrected chi connectivity index (χ2v) is 32.7. The maximum absolute atomic E-state index is 7.59. The van der Waals surface area contributed by atoms with E-state index in [0.29, 0.717) is 0 Å². The molecule has 0 N–H and O–H groups in total. The minimum absolute atomic E-state index is 0.233. The van der Waals surface area contributed by atoms with Crippen LogP contribution in [0.2, 0.25) is 0 Å². The van der Waals surface area contributed by atoms with Crippen LogP contribution in [0.5, 0.6) is 11.5 Å². The van der Waals surface area contributed by atoms with Crippen LogP contribution in [0.1, 0.15) is 0 Å². The van der Waals surface area contributed by atoms with E-state index in [1.807, 2.05) is 45.3 Å². The zero-order chi connectivity index (χ0) is 70.4. The summed E-state index contributed by atoms with van der Waals surface area (Å²) in [5.74, 6) is 1.69. The molecule has 16 aromatic carbocycles. The summed E-state index contributed by atoms with van der Waals surface area (Å²) in [6, 6.07) is 130. The highest BCUT2D eigenvalue weighted by Crippen LogP contribution is 2.56. The van der Waals surface area contributed by atoms with Gasteiger partial charge in [-0.1, -0.05) is 218 Å². The Morgan fingerprint density at radius 2 is 0.611 bits per heavy atom. The molecule has 4 aliphatic heterocycles. The smallest absolute Gasteiger partial charge is 0.256 e. The molecule has 0 radical (unpaired) electrons. The summed E-state index contributed by atoms with van der Waals surface area (Å²) in [6.07, 6.45) is 0. The first kappa shape index (κ1) is 60.6. The monoisotopic (exact) mass is 1450 g/mol. The summed E-state index contributed by atoms with van der Waals surface area (Å²) in [5, 5.41) is 9.97. The molecule has 0 unspecified atom stereocenters. The van der Waals surface area contributed by atoms with Gasteiger partial charge >= 0.3 is 0 Å². The first-order valence-electron chi connectivity index (χ1n) is 36.8. The van der Waals surface area contributed by atoms with Crippen molar-refractivity contribution in [1.29, 1.82) is 0 Å². The summed E-state index contributed by atoms with van der Waals surface area (Å²) >= 11 is 7.50. The molecule has 0 saturated carbocycles. The molecule has 0 spiro atoms. The van der Waals surface area contributed by atoms with Crippen LogP contribution in [0.15, 0.2) is 346 Å². The number of fused-ring (bicyclic) bond motifs is 20. The molecule has 0 atom stereocenters. The second-order valence-electron chi connectivity index (χ2n) is 28.5. The Kier molecular flexibility index (Phi) is 13.1. The van der Waals surface area contributed by atoms with Crippen molar-refractivity contribution in [3.8, 4) is 11.5 Å². The number of hydrogen-bond acceptors (Lipinski definition) is 10. The van der Waals surface area contributed by atoms with Crippen molar-refractivity contribution < 1.29 is 4.74 Å². The van der Waals surface area contributed by atoms with E-state index in [1.165, 1.54) is 103 Å². The van der Waals surface area contributed by atoms with Gasteiger partial charge in [0.15, 0.2) is 0 Å². The van der Waals surface area contributed by atoms with E-state index in [0.717, 1.165) is 108 Å². The van der Waals surface area contributed by atoms with E-state index in [4.69, 9.17) is 4.74 Å². The standard InChI is InChI=1S/C96H57B2N5OS4/c1-4-26-58(27-5-1)99(76-43-22-36-67-63-32-10-18-48-87(63)105-93(67)76)61-52-82-91-83(53-61)102(78-45-24-38-69-65-34-12-20-50-89(65)107-95(69)78)80-57-81-74(56-73(80)97(91)71-40-14-16-42-75(71)101(82)60-30-8-3-9-31-60)98-72-41-15-17-47-85(72)104-86-55-62(54-84(92(86)98)103(81)79-46-25-39-70-66-35-13-21-51-90(66)108-96(70)79)100(59-28-6-2-7-29-59)77-44-23-37-68-64-33-11-19-49-88(64)106-94(68)77/h1-57H. The van der Waals surface area contributed by atoms with Crippen LogP contribution < -0.4 is 62.0 Å². The van der Waals surface area contributed by atoms with Gasteiger partial charge in [-0.2, -0.15) is 0 Å². The number of para-hydroxylation sites is 5. The van der Waals surface area contributed by atoms with E-state index >= 15 is 0 Å². The normalized spacial score (nSPS) is 13.2. The molecule has 12 heteroatoms. The molecule has 0 amide bonds. The van der Waals surface area contributed by atoms with Crippen LogP contribution >= 0.6 is 45.3 Å². The van der Waals surface area contributed by atoms with Gasteiger partial charge in [0.05, 0.1) is 52.9 Å². The van der Waals surface area contributed by atoms with Crippen molar-refractivity contribution in [3.05, 3.63) is 346 Å². The van der Waals surface area contributed by atoms with Gasteiger partial charge in [-0.05, 0) is 154 Å². The fourth-order valence-corrected chi connectivity index (χ4v) is 23.2. The van der Waals surface area contributed by atoms with Gasteiger partial charge in [0.25, 0.3) is 13.4 Å². The third-order valence-corrected chi connectivity index (χ3v) is 27.6. The number of hydrogen-bond donors (Lipinski definition) is 0. The second kappa shape index (κ2) is 23.4. The Balaban J connectivity index is 0.841. The van der Waals surface area contributed by atoms with Gasteiger partial charge in [-0.15, -0.1) is 45.3 Å². The minimum atomic E-state index is -0.248. The molecule has 6 nitrogen and oxygen atoms in total. The summed E-state index contributed by atoms with van der Waals surface area (Å²) in [4.78, 5) is 12.9. The lowest BCUT2D eigenvalue weighted by Gasteiger charge is -2.47. The van der Waals surface area contributed by atoms with Gasteiger partial charge in [0, 0.05) is 119 Å². The van der Waals surface area contributed by atoms with Gasteiger partial charge in [0.1, 0.15) is 11.5 Å². The molecule has 4 aliphatic rings. The van der Waals surface area contributed by atoms with Crippen molar-refractivity contribution in [1.82, 2.24) is 0 Å². The Hall–Kier alpha value is -12.7. The molecule has 502 valence electrons. The fraction of sp³-hybridized carbons (Fsp3) is 0. The van der Waals surface area contributed by atoms with Crippen LogP contribution in [-0.4, -0.2) is 13.4 Å². The Morgan fingerprint density at radius 1 is 0.231 bits per heavy atom. The first-order chi connectivity index (χ1) is 53.6. The quantitative estimate of drug-likeness (QED) is 0.134. The average Bonchev–Trinajstić information content (AvgIpc) is 1.07. The SMILES string of the molecule is c1ccc(N2c3ccccc3B3c4cc5c(cc4N(c4cccc6c4sc4ccccc46)c4cc(N(c6ccccc6)c6cccc7c6sc6ccccc67)cc2c43)N(c2cccc3c2sc2ccccc23)c2cc(N(c3ccccc3)c3cccc4c3sc3ccccc34)cc3c2B5c2ccccc2O3)cc1. The predicted octanol–water partition coefficient (Wildman–Crippen LogP) is 24.6. The van der Waals surface area contributed by atoms with Crippen LogP contribution in [0.25, 0.3) is 80.7 Å². The Morgan fingerprint density at radius 3 is 1.14 bits per heavy atom. The minimum Gasteiger partial charge on any atom is -0.458 e. The third kappa shape index (κ3) is 8.76. The van der Waals surface area contributed by atoms with Crippen molar-refractivity contribution in [2.75, 3.05) is 24.5 Å². The molecule has 8 heterocycles. The van der Waals surface area contributed by atoms with E-state index in [2.05, 4.69) is 370 Å². The zero-order valence-corrected chi connectivity index (χ0v) is 61.1. The van der Waals surface area contributed by atoms with Crippen LogP contribution in [-0.2, 0) is 0 Å². The number of anilines is 15. The molecular weight excluding hydrogens is 1390 g/mol. The number of rotatable bonds is 9. The van der Waals surface area contributed by atoms with Crippen LogP contribution in [0.3, 0.4) is 0 Å². The number of thiophene rings is 4. The topological polar surface area (TPSA) is 25.4 Å². The predicted molar refractivity (Wildman–Crippen MR) is 467 cm³/mol. The van der Waals surface area contributed by atoms with Crippen molar-refractivity contribution in [2.45, 2.75) is 0 Å². The average molecular weight is 1450 g/mol. The van der Waals surface area contributed by atoms with Crippen molar-refractivity contribution in [3.63, 3.8) is 0 Å². The molecule has 20 aromatic rings. The van der Waals surface area contributed by atoms with E-state index in [-0.39, 0.29) is 13.4 Å². The summed E-state index contributed by atoms with van der Waals surface area (Å²) < 4.78 is 17.5. The Bertz CT molecular complexity index is 7200. The molecule has 4 aromatic heterocycles. The first-order valence-corrected chi connectivity index (χ1v) is 40.0. The molecule has 108 heavy (non-hydrogen) atoms. The fourth-order valence-electron chi connectivity index (χ4n) is 18.4. The lowest BCUT2D eigenvalue weighted by atomic mass is 9.30. The summed E-state index contributed by atoms with van der Waals surface area (Å²) in [6.45, 7) is -0.481.